The Labute approximate surface area is 88.0 Å². The lowest BCUT2D eigenvalue weighted by Gasteiger charge is -1.91. The van der Waals surface area contributed by atoms with Crippen molar-refractivity contribution in [2.75, 3.05) is 0 Å². The highest BCUT2D eigenvalue weighted by Gasteiger charge is 2.11. The summed E-state index contributed by atoms with van der Waals surface area (Å²) in [4.78, 5) is 8.40. The van der Waals surface area contributed by atoms with Gasteiger partial charge in [-0.05, 0) is 6.92 Å². The molecule has 0 saturated carbocycles. The summed E-state index contributed by atoms with van der Waals surface area (Å²) in [6.45, 7) is 1.97. The molecular weight excluding hydrogens is 252 g/mol. The summed E-state index contributed by atoms with van der Waals surface area (Å²) in [5.74, 6) is 0.765. The van der Waals surface area contributed by atoms with E-state index in [1.54, 1.807) is 11.3 Å². The molecule has 0 amide bonds. The predicted molar refractivity (Wildman–Crippen MR) is 55.0 cm³/mol. The van der Waals surface area contributed by atoms with Crippen LogP contribution in [0.4, 0.5) is 0 Å². The third kappa shape index (κ3) is 1.66. The van der Waals surface area contributed by atoms with Crippen molar-refractivity contribution in [3.8, 4) is 11.5 Å². The molecule has 13 heavy (non-hydrogen) atoms. The van der Waals surface area contributed by atoms with Gasteiger partial charge in [-0.2, -0.15) is 0 Å². The molecule has 68 valence electrons. The van der Waals surface area contributed by atoms with Crippen LogP contribution >= 0.6 is 27.3 Å². The second-order valence-corrected chi connectivity index (χ2v) is 4.14. The fraction of sp³-hybridized carbons (Fsp3) is 0.250. The number of aryl methyl sites for hydroxylation is 1. The highest BCUT2D eigenvalue weighted by molar-refractivity contribution is 9.08. The van der Waals surface area contributed by atoms with Gasteiger partial charge in [0, 0.05) is 10.7 Å². The number of hydrogen-bond donors (Lipinski definition) is 0. The van der Waals surface area contributed by atoms with Crippen LogP contribution in [0.25, 0.3) is 11.5 Å². The Morgan fingerprint density at radius 2 is 2.46 bits per heavy atom. The number of oxazole rings is 1. The Hall–Kier alpha value is -0.680. The Bertz CT molecular complexity index is 410. The third-order valence-corrected chi connectivity index (χ3v) is 2.92. The minimum Gasteiger partial charge on any atom is -0.441 e. The summed E-state index contributed by atoms with van der Waals surface area (Å²) in [6, 6.07) is 0. The molecule has 5 heteroatoms. The normalized spacial score (nSPS) is 10.6. The van der Waals surface area contributed by atoms with E-state index in [4.69, 9.17) is 4.42 Å². The number of alkyl halides is 1. The van der Waals surface area contributed by atoms with Crippen molar-refractivity contribution in [3.63, 3.8) is 0 Å². The molecule has 0 aliphatic heterocycles. The van der Waals surface area contributed by atoms with Gasteiger partial charge in [0.2, 0.25) is 0 Å². The minimum absolute atomic E-state index is 0.690. The molecule has 0 radical (unpaired) electrons. The van der Waals surface area contributed by atoms with Crippen LogP contribution < -0.4 is 0 Å². The van der Waals surface area contributed by atoms with Gasteiger partial charge in [-0.3, -0.25) is 0 Å². The lowest BCUT2D eigenvalue weighted by Crippen LogP contribution is -1.82. The van der Waals surface area contributed by atoms with Gasteiger partial charge in [-0.15, -0.1) is 11.3 Å². The monoisotopic (exact) mass is 258 g/mol. The summed E-state index contributed by atoms with van der Waals surface area (Å²) in [5, 5.41) is 3.70. The van der Waals surface area contributed by atoms with Crippen LogP contribution in [0.5, 0.6) is 0 Å². The summed E-state index contributed by atoms with van der Waals surface area (Å²) < 4.78 is 5.26. The SMILES string of the molecule is Cc1nc(-c2ocnc2CBr)cs1. The van der Waals surface area contributed by atoms with E-state index in [1.807, 2.05) is 12.3 Å². The quantitative estimate of drug-likeness (QED) is 0.778. The molecule has 0 fully saturated rings. The molecule has 3 nitrogen and oxygen atoms in total. The minimum atomic E-state index is 0.690. The van der Waals surface area contributed by atoms with E-state index in [0.29, 0.717) is 5.33 Å². The van der Waals surface area contributed by atoms with Crippen molar-refractivity contribution in [1.82, 2.24) is 9.97 Å². The van der Waals surface area contributed by atoms with Gasteiger partial charge < -0.3 is 4.42 Å². The van der Waals surface area contributed by atoms with Crippen molar-refractivity contribution in [1.29, 1.82) is 0 Å². The molecule has 0 atom stereocenters. The summed E-state index contributed by atoms with van der Waals surface area (Å²) >= 11 is 4.95. The van der Waals surface area contributed by atoms with Gasteiger partial charge in [-0.25, -0.2) is 9.97 Å². The maximum absolute atomic E-state index is 5.26. The Balaban J connectivity index is 2.45. The zero-order valence-electron chi connectivity index (χ0n) is 6.95. The second kappa shape index (κ2) is 3.59. The molecule has 0 spiro atoms. The largest absolute Gasteiger partial charge is 0.441 e. The maximum Gasteiger partial charge on any atom is 0.181 e. The van der Waals surface area contributed by atoms with Gasteiger partial charge in [0.15, 0.2) is 12.2 Å². The van der Waals surface area contributed by atoms with E-state index in [0.717, 1.165) is 22.2 Å². The summed E-state index contributed by atoms with van der Waals surface area (Å²) in [5.41, 5.74) is 1.76. The topological polar surface area (TPSA) is 38.9 Å². The van der Waals surface area contributed by atoms with Crippen LogP contribution in [-0.4, -0.2) is 9.97 Å². The van der Waals surface area contributed by atoms with Crippen LogP contribution in [0.3, 0.4) is 0 Å². The molecule has 0 aliphatic rings. The Kier molecular flexibility index (Phi) is 2.46. The molecule has 2 aromatic heterocycles. The number of nitrogens with zero attached hydrogens (tertiary/aromatic N) is 2. The van der Waals surface area contributed by atoms with Crippen molar-refractivity contribution in [3.05, 3.63) is 22.5 Å². The van der Waals surface area contributed by atoms with Crippen LogP contribution in [-0.2, 0) is 5.33 Å². The Morgan fingerprint density at radius 1 is 1.62 bits per heavy atom. The fourth-order valence-corrected chi connectivity index (χ4v) is 2.03. The van der Waals surface area contributed by atoms with E-state index in [9.17, 15) is 0 Å². The molecular formula is C8H7BrN2OS. The molecule has 0 aromatic carbocycles. The highest BCUT2D eigenvalue weighted by atomic mass is 79.9. The first kappa shape index (κ1) is 8.90. The molecule has 0 unspecified atom stereocenters. The molecule has 0 bridgehead atoms. The molecule has 2 heterocycles. The van der Waals surface area contributed by atoms with Gasteiger partial charge in [0.1, 0.15) is 5.69 Å². The number of aromatic nitrogens is 2. The third-order valence-electron chi connectivity index (χ3n) is 1.62. The lowest BCUT2D eigenvalue weighted by molar-refractivity contribution is 0.569. The van der Waals surface area contributed by atoms with Crippen LogP contribution in [0.15, 0.2) is 16.2 Å². The van der Waals surface area contributed by atoms with E-state index >= 15 is 0 Å². The van der Waals surface area contributed by atoms with Gasteiger partial charge in [0.05, 0.1) is 10.7 Å². The van der Waals surface area contributed by atoms with Gasteiger partial charge in [0.25, 0.3) is 0 Å². The first-order chi connectivity index (χ1) is 6.31. The van der Waals surface area contributed by atoms with Crippen LogP contribution in [0.1, 0.15) is 10.7 Å². The molecule has 0 saturated heterocycles. The number of thiazole rings is 1. The first-order valence-corrected chi connectivity index (χ1v) is 5.72. The summed E-state index contributed by atoms with van der Waals surface area (Å²) in [7, 11) is 0. The Morgan fingerprint density at radius 3 is 3.08 bits per heavy atom. The zero-order chi connectivity index (χ0) is 9.26. The number of halogens is 1. The maximum atomic E-state index is 5.26. The molecule has 2 rings (SSSR count). The number of hydrogen-bond acceptors (Lipinski definition) is 4. The van der Waals surface area contributed by atoms with E-state index in [2.05, 4.69) is 25.9 Å². The highest BCUT2D eigenvalue weighted by Crippen LogP contribution is 2.25. The van der Waals surface area contributed by atoms with Crippen molar-refractivity contribution >= 4 is 27.3 Å². The fourth-order valence-electron chi connectivity index (χ4n) is 1.04. The second-order valence-electron chi connectivity index (χ2n) is 2.51. The van der Waals surface area contributed by atoms with Gasteiger partial charge >= 0.3 is 0 Å². The van der Waals surface area contributed by atoms with E-state index in [-0.39, 0.29) is 0 Å². The van der Waals surface area contributed by atoms with Crippen molar-refractivity contribution < 1.29 is 4.42 Å². The first-order valence-electron chi connectivity index (χ1n) is 3.72. The predicted octanol–water partition coefficient (Wildman–Crippen LogP) is 3.00. The van der Waals surface area contributed by atoms with Crippen molar-refractivity contribution in [2.45, 2.75) is 12.3 Å². The lowest BCUT2D eigenvalue weighted by atomic mass is 10.3. The van der Waals surface area contributed by atoms with Gasteiger partial charge in [-0.1, -0.05) is 15.9 Å². The standard InChI is InChI=1S/C8H7BrN2OS/c1-5-11-7(3-13-5)8-6(2-9)10-4-12-8/h3-4H,2H2,1H3. The average Bonchev–Trinajstić information content (AvgIpc) is 2.71. The molecule has 0 N–H and O–H groups in total. The average molecular weight is 259 g/mol. The van der Waals surface area contributed by atoms with E-state index in [1.165, 1.54) is 6.39 Å². The van der Waals surface area contributed by atoms with Crippen LogP contribution in [0.2, 0.25) is 0 Å². The molecule has 2 aromatic rings. The zero-order valence-corrected chi connectivity index (χ0v) is 9.35. The number of rotatable bonds is 2. The molecule has 0 aliphatic carbocycles. The smallest absolute Gasteiger partial charge is 0.181 e. The van der Waals surface area contributed by atoms with E-state index < -0.39 is 0 Å². The van der Waals surface area contributed by atoms with Crippen LogP contribution in [0, 0.1) is 6.92 Å². The van der Waals surface area contributed by atoms with Crippen molar-refractivity contribution in [2.24, 2.45) is 0 Å². The summed E-state index contributed by atoms with van der Waals surface area (Å²) in [6.07, 6.45) is 1.45.